The zero-order valence-electron chi connectivity index (χ0n) is 16.9. The van der Waals surface area contributed by atoms with E-state index < -0.39 is 0 Å². The van der Waals surface area contributed by atoms with Crippen LogP contribution in [0.3, 0.4) is 0 Å². The molecular formula is C26H24N4. The summed E-state index contributed by atoms with van der Waals surface area (Å²) in [5.74, 6) is 1.86. The molecule has 1 aromatic heterocycles. The van der Waals surface area contributed by atoms with Crippen molar-refractivity contribution in [3.05, 3.63) is 90.5 Å². The van der Waals surface area contributed by atoms with Gasteiger partial charge in [-0.25, -0.2) is 15.0 Å². The Morgan fingerprint density at radius 2 is 1.53 bits per heavy atom. The van der Waals surface area contributed by atoms with Crippen LogP contribution in [0.4, 0.5) is 5.82 Å². The van der Waals surface area contributed by atoms with Gasteiger partial charge in [-0.3, -0.25) is 5.01 Å². The fraction of sp³-hybridized carbons (Fsp3) is 0.231. The van der Waals surface area contributed by atoms with Crippen molar-refractivity contribution in [1.82, 2.24) is 15.0 Å². The second kappa shape index (κ2) is 7.22. The van der Waals surface area contributed by atoms with Gasteiger partial charge in [0.1, 0.15) is 0 Å². The average Bonchev–Trinajstić information content (AvgIpc) is 3.37. The monoisotopic (exact) mass is 392 g/mol. The third-order valence-electron chi connectivity index (χ3n) is 6.43. The molecule has 0 saturated carbocycles. The van der Waals surface area contributed by atoms with Gasteiger partial charge in [-0.05, 0) is 37.0 Å². The molecule has 3 atom stereocenters. The molecule has 2 bridgehead atoms. The molecule has 3 aromatic carbocycles. The van der Waals surface area contributed by atoms with Crippen LogP contribution in [-0.4, -0.2) is 33.6 Å². The van der Waals surface area contributed by atoms with E-state index in [0.29, 0.717) is 12.1 Å². The number of aromatic nitrogens is 2. The molecule has 30 heavy (non-hydrogen) atoms. The molecule has 2 aliphatic heterocycles. The molecule has 148 valence electrons. The third-order valence-corrected chi connectivity index (χ3v) is 6.43. The van der Waals surface area contributed by atoms with Crippen LogP contribution in [0, 0.1) is 0 Å². The first-order chi connectivity index (χ1) is 14.9. The number of anilines is 1. The van der Waals surface area contributed by atoms with E-state index in [0.717, 1.165) is 41.1 Å². The number of fused-ring (bicyclic) bond motifs is 3. The van der Waals surface area contributed by atoms with Crippen LogP contribution in [0.5, 0.6) is 0 Å². The van der Waals surface area contributed by atoms with E-state index in [9.17, 15) is 0 Å². The van der Waals surface area contributed by atoms with Crippen molar-refractivity contribution >= 4 is 16.7 Å². The van der Waals surface area contributed by atoms with Crippen molar-refractivity contribution in [2.45, 2.75) is 31.3 Å². The molecule has 0 radical (unpaired) electrons. The maximum absolute atomic E-state index is 5.11. The molecule has 3 unspecified atom stereocenters. The lowest BCUT2D eigenvalue weighted by Gasteiger charge is -2.30. The minimum atomic E-state index is 0.514. The molecule has 2 aliphatic rings. The van der Waals surface area contributed by atoms with Gasteiger partial charge in [-0.15, -0.1) is 0 Å². The summed E-state index contributed by atoms with van der Waals surface area (Å²) in [5.41, 5.74) is 3.48. The molecule has 4 heteroatoms. The lowest BCUT2D eigenvalue weighted by atomic mass is 9.97. The van der Waals surface area contributed by atoms with Crippen molar-refractivity contribution in [2.24, 2.45) is 0 Å². The normalized spacial score (nSPS) is 22.7. The van der Waals surface area contributed by atoms with Crippen LogP contribution in [0.2, 0.25) is 0 Å². The topological polar surface area (TPSA) is 32.3 Å². The van der Waals surface area contributed by atoms with Crippen LogP contribution in [0.1, 0.15) is 18.4 Å². The van der Waals surface area contributed by atoms with Gasteiger partial charge in [0.2, 0.25) is 0 Å². The molecule has 2 fully saturated rings. The predicted molar refractivity (Wildman–Crippen MR) is 121 cm³/mol. The predicted octanol–water partition coefficient (Wildman–Crippen LogP) is 5.11. The molecule has 0 amide bonds. The van der Waals surface area contributed by atoms with E-state index in [-0.39, 0.29) is 0 Å². The summed E-state index contributed by atoms with van der Waals surface area (Å²) >= 11 is 0. The minimum absolute atomic E-state index is 0.514. The van der Waals surface area contributed by atoms with Gasteiger partial charge in [0.05, 0.1) is 11.6 Å². The molecule has 4 aromatic rings. The van der Waals surface area contributed by atoms with Crippen molar-refractivity contribution in [3.63, 3.8) is 0 Å². The third kappa shape index (κ3) is 2.96. The number of rotatable bonds is 4. The Kier molecular flexibility index (Phi) is 4.24. The van der Waals surface area contributed by atoms with Gasteiger partial charge in [-0.2, -0.15) is 0 Å². The van der Waals surface area contributed by atoms with Crippen LogP contribution in [0.25, 0.3) is 22.3 Å². The summed E-state index contributed by atoms with van der Waals surface area (Å²) in [6.07, 6.45) is 3.47. The molecule has 3 heterocycles. The van der Waals surface area contributed by atoms with Gasteiger partial charge >= 0.3 is 0 Å². The Morgan fingerprint density at radius 3 is 2.37 bits per heavy atom. The highest BCUT2D eigenvalue weighted by molar-refractivity contribution is 5.91. The molecule has 0 N–H and O–H groups in total. The highest BCUT2D eigenvalue weighted by atomic mass is 15.7. The van der Waals surface area contributed by atoms with Crippen LogP contribution in [0.15, 0.2) is 84.9 Å². The molecular weight excluding hydrogens is 368 g/mol. The minimum Gasteiger partial charge on any atom is -0.285 e. The van der Waals surface area contributed by atoms with E-state index in [2.05, 4.69) is 76.7 Å². The summed E-state index contributed by atoms with van der Waals surface area (Å²) in [6, 6.07) is 30.6. The summed E-state index contributed by atoms with van der Waals surface area (Å²) in [6.45, 7) is 1.10. The number of para-hydroxylation sites is 1. The Morgan fingerprint density at radius 1 is 0.800 bits per heavy atom. The maximum Gasteiger partial charge on any atom is 0.162 e. The first kappa shape index (κ1) is 17.6. The van der Waals surface area contributed by atoms with Crippen molar-refractivity contribution < 1.29 is 0 Å². The SMILES string of the molecule is c1ccc(CC2CC3CCN2N3c2nc(-c3ccccc3)nc3ccccc23)cc1. The van der Waals surface area contributed by atoms with E-state index in [1.54, 1.807) is 0 Å². The van der Waals surface area contributed by atoms with Crippen molar-refractivity contribution in [3.8, 4) is 11.4 Å². The van der Waals surface area contributed by atoms with Crippen LogP contribution in [-0.2, 0) is 6.42 Å². The fourth-order valence-electron chi connectivity index (χ4n) is 5.05. The molecule has 4 nitrogen and oxygen atoms in total. The fourth-order valence-corrected chi connectivity index (χ4v) is 5.05. The highest BCUT2D eigenvalue weighted by Crippen LogP contribution is 2.41. The zero-order valence-corrected chi connectivity index (χ0v) is 16.9. The van der Waals surface area contributed by atoms with Crippen LogP contribution < -0.4 is 5.01 Å². The zero-order chi connectivity index (χ0) is 19.9. The van der Waals surface area contributed by atoms with Crippen molar-refractivity contribution in [1.29, 1.82) is 0 Å². The van der Waals surface area contributed by atoms with E-state index in [1.807, 2.05) is 18.2 Å². The van der Waals surface area contributed by atoms with Gasteiger partial charge in [0.25, 0.3) is 0 Å². The second-order valence-electron chi connectivity index (χ2n) is 8.28. The summed E-state index contributed by atoms with van der Waals surface area (Å²) in [4.78, 5) is 9.99. The molecule has 0 aliphatic carbocycles. The quantitative estimate of drug-likeness (QED) is 0.483. The summed E-state index contributed by atoms with van der Waals surface area (Å²) in [5, 5.41) is 6.17. The smallest absolute Gasteiger partial charge is 0.162 e. The summed E-state index contributed by atoms with van der Waals surface area (Å²) in [7, 11) is 0. The largest absolute Gasteiger partial charge is 0.285 e. The van der Waals surface area contributed by atoms with Crippen molar-refractivity contribution in [2.75, 3.05) is 11.6 Å². The molecule has 6 rings (SSSR count). The van der Waals surface area contributed by atoms with E-state index >= 15 is 0 Å². The number of piperidine rings is 1. The first-order valence-corrected chi connectivity index (χ1v) is 10.8. The van der Waals surface area contributed by atoms with Gasteiger partial charge in [0.15, 0.2) is 11.6 Å². The Balaban J connectivity index is 1.42. The standard InChI is InChI=1S/C26H24N4/c1-3-9-19(10-4-1)17-22-18-21-15-16-29(22)30(21)26-23-13-7-8-14-24(23)27-25(28-26)20-11-5-2-6-12-20/h1-14,21-22H,15-18H2. The second-order valence-corrected chi connectivity index (χ2v) is 8.28. The van der Waals surface area contributed by atoms with E-state index in [1.165, 1.54) is 18.4 Å². The Bertz CT molecular complexity index is 1180. The highest BCUT2D eigenvalue weighted by Gasteiger charge is 2.45. The molecule has 0 spiro atoms. The number of hydrogen-bond acceptors (Lipinski definition) is 4. The Labute approximate surface area is 176 Å². The number of hydrogen-bond donors (Lipinski definition) is 0. The van der Waals surface area contributed by atoms with Crippen LogP contribution >= 0.6 is 0 Å². The van der Waals surface area contributed by atoms with Gasteiger partial charge in [0, 0.05) is 23.5 Å². The average molecular weight is 393 g/mol. The number of nitrogens with zero attached hydrogens (tertiary/aromatic N) is 4. The molecule has 2 saturated heterocycles. The number of benzene rings is 3. The number of hydrazine groups is 1. The van der Waals surface area contributed by atoms with E-state index in [4.69, 9.17) is 9.97 Å². The lowest BCUT2D eigenvalue weighted by molar-refractivity contribution is 0.247. The maximum atomic E-state index is 5.11. The lowest BCUT2D eigenvalue weighted by Crippen LogP contribution is -2.39. The van der Waals surface area contributed by atoms with Gasteiger partial charge < -0.3 is 0 Å². The first-order valence-electron chi connectivity index (χ1n) is 10.8. The summed E-state index contributed by atoms with van der Waals surface area (Å²) < 4.78 is 0. The Hall–Kier alpha value is -3.24. The van der Waals surface area contributed by atoms with Gasteiger partial charge in [-0.1, -0.05) is 72.8 Å².